The molecule has 0 saturated carbocycles. The molecule has 0 aliphatic heterocycles. The summed E-state index contributed by atoms with van der Waals surface area (Å²) >= 11 is 5.31. The van der Waals surface area contributed by atoms with Crippen LogP contribution in [-0.2, 0) is 0 Å². The number of thiocarbonyl (C=S) groups is 1. The number of benzene rings is 1. The molecule has 3 N–H and O–H groups in total. The van der Waals surface area contributed by atoms with Crippen LogP contribution in [0.15, 0.2) is 36.5 Å². The molecule has 20 heavy (non-hydrogen) atoms. The maximum atomic E-state index is 5.31. The standard InChI is InChI=1S/C15H18N4S/c1-10-8-12(16-3)6-7-14(10)19-15(20)18-13-5-4-11(2)17-9-13/h4-9,16H,1-3H3,(H2,18,19,20). The van der Waals surface area contributed by atoms with Crippen LogP contribution < -0.4 is 16.0 Å². The Hall–Kier alpha value is -2.14. The van der Waals surface area contributed by atoms with E-state index in [1.807, 2.05) is 45.2 Å². The van der Waals surface area contributed by atoms with Crippen molar-refractivity contribution in [3.63, 3.8) is 0 Å². The van der Waals surface area contributed by atoms with Gasteiger partial charge in [0.2, 0.25) is 0 Å². The Kier molecular flexibility index (Phi) is 4.53. The highest BCUT2D eigenvalue weighted by molar-refractivity contribution is 7.80. The maximum absolute atomic E-state index is 5.31. The Labute approximate surface area is 124 Å². The summed E-state index contributed by atoms with van der Waals surface area (Å²) in [5, 5.41) is 9.97. The molecule has 0 atom stereocenters. The van der Waals surface area contributed by atoms with Gasteiger partial charge in [0.1, 0.15) is 0 Å². The number of hydrogen-bond donors (Lipinski definition) is 3. The molecule has 0 aliphatic carbocycles. The van der Waals surface area contributed by atoms with Gasteiger partial charge in [0.05, 0.1) is 11.9 Å². The van der Waals surface area contributed by atoms with Crippen molar-refractivity contribution in [1.29, 1.82) is 0 Å². The van der Waals surface area contributed by atoms with Crippen molar-refractivity contribution in [1.82, 2.24) is 4.98 Å². The molecule has 104 valence electrons. The fourth-order valence-corrected chi connectivity index (χ4v) is 2.01. The van der Waals surface area contributed by atoms with Crippen molar-refractivity contribution in [3.05, 3.63) is 47.8 Å². The Morgan fingerprint density at radius 2 is 1.80 bits per heavy atom. The molecular formula is C15H18N4S. The zero-order valence-electron chi connectivity index (χ0n) is 11.8. The summed E-state index contributed by atoms with van der Waals surface area (Å²) in [6.07, 6.45) is 1.76. The van der Waals surface area contributed by atoms with Crippen molar-refractivity contribution in [2.24, 2.45) is 0 Å². The van der Waals surface area contributed by atoms with Gasteiger partial charge in [-0.2, -0.15) is 0 Å². The number of nitrogens with zero attached hydrogens (tertiary/aromatic N) is 1. The van der Waals surface area contributed by atoms with E-state index in [1.54, 1.807) is 6.20 Å². The van der Waals surface area contributed by atoms with Gasteiger partial charge < -0.3 is 16.0 Å². The summed E-state index contributed by atoms with van der Waals surface area (Å²) < 4.78 is 0. The van der Waals surface area contributed by atoms with Gasteiger partial charge in [-0.05, 0) is 62.0 Å². The second-order valence-electron chi connectivity index (χ2n) is 4.55. The molecule has 0 radical (unpaired) electrons. The summed E-state index contributed by atoms with van der Waals surface area (Å²) in [5.41, 5.74) is 5.05. The second kappa shape index (κ2) is 6.34. The van der Waals surface area contributed by atoms with Crippen molar-refractivity contribution in [3.8, 4) is 0 Å². The topological polar surface area (TPSA) is 49.0 Å². The first kappa shape index (κ1) is 14.3. The Morgan fingerprint density at radius 1 is 1.05 bits per heavy atom. The van der Waals surface area contributed by atoms with E-state index in [1.165, 1.54) is 0 Å². The van der Waals surface area contributed by atoms with Gasteiger partial charge in [0.15, 0.2) is 5.11 Å². The molecular weight excluding hydrogens is 268 g/mol. The van der Waals surface area contributed by atoms with Crippen LogP contribution in [0.1, 0.15) is 11.3 Å². The molecule has 4 nitrogen and oxygen atoms in total. The van der Waals surface area contributed by atoms with Crippen LogP contribution in [0.5, 0.6) is 0 Å². The first-order chi connectivity index (χ1) is 9.58. The van der Waals surface area contributed by atoms with Crippen molar-refractivity contribution in [2.75, 3.05) is 23.0 Å². The van der Waals surface area contributed by atoms with E-state index < -0.39 is 0 Å². The number of anilines is 3. The highest BCUT2D eigenvalue weighted by Crippen LogP contribution is 2.19. The molecule has 0 unspecified atom stereocenters. The number of pyridine rings is 1. The zero-order valence-corrected chi connectivity index (χ0v) is 12.6. The molecule has 0 bridgehead atoms. The third-order valence-electron chi connectivity index (χ3n) is 2.93. The number of aryl methyl sites for hydroxylation is 2. The fourth-order valence-electron chi connectivity index (χ4n) is 1.79. The van der Waals surface area contributed by atoms with Crippen LogP contribution in [0.25, 0.3) is 0 Å². The molecule has 0 fully saturated rings. The van der Waals surface area contributed by atoms with E-state index in [4.69, 9.17) is 12.2 Å². The highest BCUT2D eigenvalue weighted by Gasteiger charge is 2.03. The molecule has 0 amide bonds. The van der Waals surface area contributed by atoms with Crippen LogP contribution in [0.2, 0.25) is 0 Å². The first-order valence-electron chi connectivity index (χ1n) is 6.37. The minimum absolute atomic E-state index is 0.552. The lowest BCUT2D eigenvalue weighted by Crippen LogP contribution is -2.19. The van der Waals surface area contributed by atoms with E-state index in [-0.39, 0.29) is 0 Å². The normalized spacial score (nSPS) is 9.95. The Morgan fingerprint density at radius 3 is 2.40 bits per heavy atom. The smallest absolute Gasteiger partial charge is 0.175 e. The third-order valence-corrected chi connectivity index (χ3v) is 3.14. The summed E-state index contributed by atoms with van der Waals surface area (Å²) in [5.74, 6) is 0. The van der Waals surface area contributed by atoms with Crippen LogP contribution in [0.3, 0.4) is 0 Å². The van der Waals surface area contributed by atoms with Crippen LogP contribution in [0, 0.1) is 13.8 Å². The monoisotopic (exact) mass is 286 g/mol. The van der Waals surface area contributed by atoms with E-state index in [2.05, 4.69) is 27.0 Å². The highest BCUT2D eigenvalue weighted by atomic mass is 32.1. The molecule has 1 aromatic heterocycles. The lowest BCUT2D eigenvalue weighted by Gasteiger charge is -2.13. The van der Waals surface area contributed by atoms with Crippen LogP contribution in [0.4, 0.5) is 17.1 Å². The summed E-state index contributed by atoms with van der Waals surface area (Å²) in [6, 6.07) is 9.97. The average Bonchev–Trinajstić information content (AvgIpc) is 2.43. The number of rotatable bonds is 3. The number of nitrogens with one attached hydrogen (secondary N) is 3. The first-order valence-corrected chi connectivity index (χ1v) is 6.78. The molecule has 0 saturated heterocycles. The maximum Gasteiger partial charge on any atom is 0.175 e. The quantitative estimate of drug-likeness (QED) is 0.753. The van der Waals surface area contributed by atoms with Gasteiger partial charge in [-0.3, -0.25) is 4.98 Å². The van der Waals surface area contributed by atoms with Gasteiger partial charge in [-0.25, -0.2) is 0 Å². The van der Waals surface area contributed by atoms with E-state index in [9.17, 15) is 0 Å². The Bertz CT molecular complexity index is 608. The third kappa shape index (κ3) is 3.68. The zero-order chi connectivity index (χ0) is 14.5. The lowest BCUT2D eigenvalue weighted by atomic mass is 10.2. The second-order valence-corrected chi connectivity index (χ2v) is 4.96. The summed E-state index contributed by atoms with van der Waals surface area (Å²) in [6.45, 7) is 3.99. The fraction of sp³-hybridized carbons (Fsp3) is 0.200. The minimum atomic E-state index is 0.552. The Balaban J connectivity index is 2.02. The summed E-state index contributed by atoms with van der Waals surface area (Å²) in [4.78, 5) is 4.22. The average molecular weight is 286 g/mol. The van der Waals surface area contributed by atoms with E-state index in [0.717, 1.165) is 28.3 Å². The van der Waals surface area contributed by atoms with E-state index >= 15 is 0 Å². The van der Waals surface area contributed by atoms with Crippen LogP contribution in [-0.4, -0.2) is 17.1 Å². The minimum Gasteiger partial charge on any atom is -0.388 e. The lowest BCUT2D eigenvalue weighted by molar-refractivity contribution is 1.20. The molecule has 0 aliphatic rings. The van der Waals surface area contributed by atoms with Crippen molar-refractivity contribution in [2.45, 2.75) is 13.8 Å². The van der Waals surface area contributed by atoms with Crippen LogP contribution >= 0.6 is 12.2 Å². The predicted molar refractivity (Wildman–Crippen MR) is 89.5 cm³/mol. The van der Waals surface area contributed by atoms with Crippen molar-refractivity contribution < 1.29 is 0 Å². The SMILES string of the molecule is CNc1ccc(NC(=S)Nc2ccc(C)nc2)c(C)c1. The predicted octanol–water partition coefficient (Wildman–Crippen LogP) is 3.55. The van der Waals surface area contributed by atoms with E-state index in [0.29, 0.717) is 5.11 Å². The number of hydrogen-bond acceptors (Lipinski definition) is 3. The van der Waals surface area contributed by atoms with Gasteiger partial charge in [-0.1, -0.05) is 0 Å². The molecule has 2 aromatic rings. The molecule has 1 aromatic carbocycles. The molecule has 1 heterocycles. The largest absolute Gasteiger partial charge is 0.388 e. The van der Waals surface area contributed by atoms with Gasteiger partial charge in [0, 0.05) is 24.1 Å². The van der Waals surface area contributed by atoms with Gasteiger partial charge in [-0.15, -0.1) is 0 Å². The van der Waals surface area contributed by atoms with Crippen molar-refractivity contribution >= 4 is 34.4 Å². The molecule has 0 spiro atoms. The molecule has 2 rings (SSSR count). The number of aromatic nitrogens is 1. The van der Waals surface area contributed by atoms with Gasteiger partial charge >= 0.3 is 0 Å². The van der Waals surface area contributed by atoms with Gasteiger partial charge in [0.25, 0.3) is 0 Å². The summed E-state index contributed by atoms with van der Waals surface area (Å²) in [7, 11) is 1.90. The molecule has 5 heteroatoms.